The van der Waals surface area contributed by atoms with Crippen molar-refractivity contribution in [2.75, 3.05) is 53.2 Å². The Kier molecular flexibility index (Phi) is 16.1. The number of methoxy groups -OCH3 is 1. The summed E-state index contributed by atoms with van der Waals surface area (Å²) in [5, 5.41) is 5.55. The third-order valence-electron chi connectivity index (χ3n) is 15.5. The normalized spacial score (nSPS) is 23.8. The van der Waals surface area contributed by atoms with Crippen LogP contribution in [0.3, 0.4) is 0 Å². The van der Waals surface area contributed by atoms with Crippen LogP contribution in [0.1, 0.15) is 105 Å². The van der Waals surface area contributed by atoms with Gasteiger partial charge in [0.1, 0.15) is 24.9 Å². The maximum atomic E-state index is 14.9. The zero-order chi connectivity index (χ0) is 53.3. The van der Waals surface area contributed by atoms with Crippen molar-refractivity contribution in [1.29, 1.82) is 0 Å². The topological polar surface area (TPSA) is 167 Å². The van der Waals surface area contributed by atoms with Gasteiger partial charge in [0.25, 0.3) is 17.7 Å². The predicted molar refractivity (Wildman–Crippen MR) is 286 cm³/mol. The van der Waals surface area contributed by atoms with E-state index in [2.05, 4.69) is 83.7 Å². The van der Waals surface area contributed by atoms with Crippen LogP contribution in [-0.2, 0) is 57.6 Å². The second-order valence-electron chi connectivity index (χ2n) is 22.2. The number of fused-ring (bicyclic) bond motifs is 6. The van der Waals surface area contributed by atoms with Gasteiger partial charge in [-0.15, -0.1) is 0 Å². The van der Waals surface area contributed by atoms with Crippen molar-refractivity contribution in [1.82, 2.24) is 35.0 Å². The third-order valence-corrected chi connectivity index (χ3v) is 15.5. The van der Waals surface area contributed by atoms with Crippen LogP contribution in [0, 0.1) is 23.2 Å². The number of aromatic nitrogens is 1. The Labute approximate surface area is 436 Å². The average Bonchev–Trinajstić information content (AvgIpc) is 4.03. The summed E-state index contributed by atoms with van der Waals surface area (Å²) in [7, 11) is 1.67. The monoisotopic (exact) mass is 1010 g/mol. The largest absolute Gasteiger partial charge is 0.464 e. The van der Waals surface area contributed by atoms with Crippen molar-refractivity contribution in [2.45, 2.75) is 143 Å². The summed E-state index contributed by atoms with van der Waals surface area (Å²) < 4.78 is 20.6. The molecule has 0 radical (unpaired) electrons. The molecule has 396 valence electrons. The maximum Gasteiger partial charge on any atom is 0.324 e. The van der Waals surface area contributed by atoms with Crippen LogP contribution in [0.5, 0.6) is 0 Å². The van der Waals surface area contributed by atoms with Gasteiger partial charge in [0.05, 0.1) is 36.2 Å². The number of aliphatic imine (C=N–C) groups is 1. The molecule has 4 amide bonds. The minimum Gasteiger partial charge on any atom is -0.464 e. The number of amides is 4. The second kappa shape index (κ2) is 22.0. The zero-order valence-corrected chi connectivity index (χ0v) is 45.1. The molecule has 0 aliphatic carbocycles. The summed E-state index contributed by atoms with van der Waals surface area (Å²) in [5.41, 5.74) is 8.22. The van der Waals surface area contributed by atoms with E-state index < -0.39 is 52.5 Å². The van der Waals surface area contributed by atoms with E-state index in [4.69, 9.17) is 19.2 Å². The summed E-state index contributed by atoms with van der Waals surface area (Å²) in [6.45, 7) is 25.3. The molecule has 6 bridgehead atoms. The van der Waals surface area contributed by atoms with Crippen LogP contribution in [-0.4, -0.2) is 149 Å². The predicted octanol–water partition coefficient (Wildman–Crippen LogP) is 6.30. The van der Waals surface area contributed by atoms with Crippen molar-refractivity contribution in [3.05, 3.63) is 77.6 Å². The number of hydrazine groups is 1. The molecule has 16 heteroatoms. The number of carbonyl (C=O) groups excluding carboxylic acids is 5. The number of benzene rings is 2. The molecule has 0 saturated carbocycles. The molecule has 4 fully saturated rings. The molecule has 5 aliphatic heterocycles. The van der Waals surface area contributed by atoms with E-state index in [0.717, 1.165) is 69.6 Å². The molecule has 0 unspecified atom stereocenters. The Morgan fingerprint density at radius 1 is 1.05 bits per heavy atom. The van der Waals surface area contributed by atoms with E-state index in [1.807, 2.05) is 65.8 Å². The molecule has 16 nitrogen and oxygen atoms in total. The van der Waals surface area contributed by atoms with E-state index in [1.54, 1.807) is 18.2 Å². The molecule has 2 N–H and O–H groups in total. The van der Waals surface area contributed by atoms with Gasteiger partial charge in [0.2, 0.25) is 5.91 Å². The minimum atomic E-state index is -1.31. The number of aryl methyl sites for hydroxylation is 1. The summed E-state index contributed by atoms with van der Waals surface area (Å²) in [4.78, 5) is 81.7. The first kappa shape index (κ1) is 54.2. The lowest BCUT2D eigenvalue weighted by molar-refractivity contribution is -0.155. The van der Waals surface area contributed by atoms with Gasteiger partial charge in [-0.2, -0.15) is 0 Å². The SMILES string of the molecule is C=C/C(=C(\N=C/C)[C@H](C)OC)c1c2c3cc(ccc3n1CC)-c1cccc(c1)C[C@H](NC(=O)[C@H](C(C)C)N1CO[C@]3(CCN(C(=O)C#CC(C)(C)N4CCC4)C3)C1=O)C(=O)N1CCC[C@H](N1)C(=O)OCC(C)(C)C2. The molecule has 2 aromatic carbocycles. The molecule has 4 saturated heterocycles. The number of hydrogen-bond donors (Lipinski definition) is 2. The van der Waals surface area contributed by atoms with Crippen molar-refractivity contribution in [3.8, 4) is 23.0 Å². The summed E-state index contributed by atoms with van der Waals surface area (Å²) in [5.74, 6) is 3.43. The highest BCUT2D eigenvalue weighted by molar-refractivity contribution is 5.99. The number of rotatable bonds is 11. The molecule has 5 aliphatic rings. The van der Waals surface area contributed by atoms with E-state index >= 15 is 0 Å². The molecule has 3 aromatic rings. The quantitative estimate of drug-likeness (QED) is 0.0964. The third kappa shape index (κ3) is 10.8. The van der Waals surface area contributed by atoms with Crippen molar-refractivity contribution in [2.24, 2.45) is 16.3 Å². The molecular weight excluding hydrogens is 937 g/mol. The molecule has 74 heavy (non-hydrogen) atoms. The number of nitrogens with zero attached hydrogens (tertiary/aromatic N) is 6. The van der Waals surface area contributed by atoms with Crippen molar-refractivity contribution >= 4 is 52.3 Å². The number of allylic oxidation sites excluding steroid dienone is 2. The zero-order valence-electron chi connectivity index (χ0n) is 45.1. The number of nitrogens with one attached hydrogen (secondary N) is 2. The van der Waals surface area contributed by atoms with Crippen molar-refractivity contribution in [3.63, 3.8) is 0 Å². The number of cyclic esters (lactones) is 1. The van der Waals surface area contributed by atoms with Gasteiger partial charge >= 0.3 is 5.97 Å². The van der Waals surface area contributed by atoms with Gasteiger partial charge in [-0.05, 0) is 107 Å². The van der Waals surface area contributed by atoms with Crippen LogP contribution in [0.4, 0.5) is 0 Å². The molecule has 1 aromatic heterocycles. The maximum absolute atomic E-state index is 14.9. The lowest BCUT2D eigenvalue weighted by atomic mass is 9.84. The molecule has 6 heterocycles. The minimum absolute atomic E-state index is 0.0288. The van der Waals surface area contributed by atoms with Crippen LogP contribution >= 0.6 is 0 Å². The van der Waals surface area contributed by atoms with Crippen LogP contribution in [0.2, 0.25) is 0 Å². The highest BCUT2D eigenvalue weighted by atomic mass is 16.5. The number of hydrogen-bond acceptors (Lipinski definition) is 11. The second-order valence-corrected chi connectivity index (χ2v) is 22.2. The first-order chi connectivity index (χ1) is 35.2. The van der Waals surface area contributed by atoms with Gasteiger partial charge < -0.3 is 33.9 Å². The Morgan fingerprint density at radius 2 is 1.81 bits per heavy atom. The highest BCUT2D eigenvalue weighted by Gasteiger charge is 2.56. The van der Waals surface area contributed by atoms with E-state index in [0.29, 0.717) is 38.9 Å². The molecule has 8 rings (SSSR count). The van der Waals surface area contributed by atoms with E-state index in [1.165, 1.54) is 9.91 Å². The van der Waals surface area contributed by atoms with Crippen LogP contribution < -0.4 is 10.7 Å². The van der Waals surface area contributed by atoms with Gasteiger partial charge in [-0.25, -0.2) is 5.43 Å². The van der Waals surface area contributed by atoms with Gasteiger partial charge in [-0.3, -0.25) is 38.9 Å². The van der Waals surface area contributed by atoms with Gasteiger partial charge in [-0.1, -0.05) is 76.6 Å². The fraction of sp³-hybridized carbons (Fsp3) is 0.552. The first-order valence-electron chi connectivity index (χ1n) is 26.4. The number of ether oxygens (including phenoxy) is 3. The van der Waals surface area contributed by atoms with Gasteiger partial charge in [0, 0.05) is 80.8 Å². The summed E-state index contributed by atoms with van der Waals surface area (Å²) in [6.07, 6.45) is 6.30. The van der Waals surface area contributed by atoms with Gasteiger partial charge in [0.15, 0.2) is 5.60 Å². The summed E-state index contributed by atoms with van der Waals surface area (Å²) >= 11 is 0. The van der Waals surface area contributed by atoms with E-state index in [9.17, 15) is 24.0 Å². The number of carbonyl (C=O) groups is 5. The molecule has 1 spiro atoms. The Bertz CT molecular complexity index is 2810. The van der Waals surface area contributed by atoms with Crippen LogP contribution in [0.25, 0.3) is 27.6 Å². The van der Waals surface area contributed by atoms with Crippen molar-refractivity contribution < 1.29 is 38.2 Å². The fourth-order valence-corrected chi connectivity index (χ4v) is 11.2. The first-order valence-corrected chi connectivity index (χ1v) is 26.4. The Hall–Kier alpha value is -6.12. The highest BCUT2D eigenvalue weighted by Crippen LogP contribution is 2.41. The van der Waals surface area contributed by atoms with Crippen LogP contribution in [0.15, 0.2) is 65.8 Å². The lowest BCUT2D eigenvalue weighted by Crippen LogP contribution is -2.62. The summed E-state index contributed by atoms with van der Waals surface area (Å²) in [6, 6.07) is 11.5. The number of esters is 1. The Morgan fingerprint density at radius 3 is 2.49 bits per heavy atom. The standard InChI is InChI=1S/C58H76N8O8/c1-12-42(49(59-13-2)38(6)72-11)51-44-33-56(7,8)35-73-54(70)45-20-16-28-66(61-45)53(69)46(31-39-18-15-19-40(30-39)41-21-22-47(43(44)32-41)64(51)14-3)60-52(68)50(37(4)5)65-36-74-58(55(65)71)25-29-62(34-58)48(67)23-24-57(9,10)63-26-17-27-63/h12-13,15,18-19,21-22,30,32,37-38,45-46,50,61H,1,14,16-17,20,25-29,31,33-36H2,2-11H3,(H,60,68)/b49-42+,59-13-/t38-,45-,46-,50-,58-/m0/s1. The smallest absolute Gasteiger partial charge is 0.324 e. The Balaban J connectivity index is 1.13. The number of likely N-dealkylation sites (tertiary alicyclic amines) is 2. The average molecular weight is 1010 g/mol. The lowest BCUT2D eigenvalue weighted by Gasteiger charge is -2.41. The molecular formula is C58H76N8O8. The van der Waals surface area contributed by atoms with E-state index in [-0.39, 0.29) is 56.6 Å². The fourth-order valence-electron chi connectivity index (χ4n) is 11.2. The molecule has 5 atom stereocenters.